The number of hydrogen-bond donors (Lipinski definition) is 0. The van der Waals surface area contributed by atoms with Gasteiger partial charge < -0.3 is 13.7 Å². The number of hydrogen-bond acceptors (Lipinski definition) is 0. The highest BCUT2D eigenvalue weighted by Gasteiger charge is 2.74. The maximum Gasteiger partial charge on any atom is 0.411 e. The molecule has 10 aromatic rings. The number of nitrogens with zero attached hydrogens (tertiary/aromatic N) is 3. The van der Waals surface area contributed by atoms with Crippen molar-refractivity contribution in [1.82, 2.24) is 13.7 Å². The Hall–Kier alpha value is -7.32. The third-order valence-corrected chi connectivity index (χ3v) is 14.2. The molecule has 0 amide bonds. The van der Waals surface area contributed by atoms with Gasteiger partial charge in [-0.25, -0.2) is 0 Å². The highest BCUT2D eigenvalue weighted by molar-refractivity contribution is 6.11. The van der Waals surface area contributed by atoms with E-state index < -0.39 is 105 Å². The molecule has 0 aliphatic heterocycles. The van der Waals surface area contributed by atoms with Gasteiger partial charge in [-0.3, -0.25) is 0 Å². The zero-order valence-corrected chi connectivity index (χ0v) is 39.3. The number of benzene rings is 7. The predicted octanol–water partition coefficient (Wildman–Crippen LogP) is 17.9. The second kappa shape index (κ2) is 16.8. The summed E-state index contributed by atoms with van der Waals surface area (Å²) in [7, 11) is 0. The molecule has 3 heterocycles. The molecule has 0 radical (unpaired) electrons. The molecule has 0 saturated carbocycles. The molecule has 21 heteroatoms. The van der Waals surface area contributed by atoms with E-state index in [9.17, 15) is 26.3 Å². The van der Waals surface area contributed by atoms with E-state index in [-0.39, 0.29) is 49.3 Å². The summed E-state index contributed by atoms with van der Waals surface area (Å²) in [6.07, 6.45) is -35.7. The lowest BCUT2D eigenvalue weighted by Crippen LogP contribution is -2.54. The lowest BCUT2D eigenvalue weighted by molar-refractivity contribution is -0.290. The van der Waals surface area contributed by atoms with Crippen LogP contribution in [0, 0.1) is 20.8 Å². The smallest absolute Gasteiger partial charge is 0.331 e. The van der Waals surface area contributed by atoms with Gasteiger partial charge in [0, 0.05) is 60.1 Å². The van der Waals surface area contributed by atoms with Crippen LogP contribution in [-0.2, 0) is 23.9 Å². The van der Waals surface area contributed by atoms with E-state index in [1.807, 2.05) is 0 Å². The summed E-state index contributed by atoms with van der Waals surface area (Å²) < 4.78 is 280. The van der Waals surface area contributed by atoms with Crippen molar-refractivity contribution in [3.8, 4) is 5.69 Å². The molecule has 0 atom stereocenters. The van der Waals surface area contributed by atoms with Crippen molar-refractivity contribution in [1.29, 1.82) is 0 Å². The summed E-state index contributed by atoms with van der Waals surface area (Å²) in [6, 6.07) is 20.2. The summed E-state index contributed by atoms with van der Waals surface area (Å²) >= 11 is 0. The second-order valence-corrected chi connectivity index (χ2v) is 19.0. The molecule has 396 valence electrons. The normalized spacial score (nSPS) is 14.0. The van der Waals surface area contributed by atoms with Crippen LogP contribution in [0.3, 0.4) is 0 Å². The van der Waals surface area contributed by atoms with Crippen LogP contribution in [0.25, 0.3) is 71.1 Å². The minimum absolute atomic E-state index is 0.0732. The van der Waals surface area contributed by atoms with E-state index in [0.717, 1.165) is 24.3 Å². The van der Waals surface area contributed by atoms with Crippen molar-refractivity contribution in [2.45, 2.75) is 81.7 Å². The summed E-state index contributed by atoms with van der Waals surface area (Å²) in [4.78, 5) is 0. The van der Waals surface area contributed by atoms with Gasteiger partial charge >= 0.3 is 37.1 Å². The first-order chi connectivity index (χ1) is 35.2. The molecule has 0 fully saturated rings. The quantitative estimate of drug-likeness (QED) is 0.141. The van der Waals surface area contributed by atoms with Crippen LogP contribution in [0.15, 0.2) is 133 Å². The van der Waals surface area contributed by atoms with E-state index in [1.54, 1.807) is 20.8 Å². The van der Waals surface area contributed by atoms with E-state index in [2.05, 4.69) is 0 Å². The number of aromatic nitrogens is 3. The topological polar surface area (TPSA) is 14.8 Å². The van der Waals surface area contributed by atoms with Gasteiger partial charge in [0.25, 0.3) is 0 Å². The van der Waals surface area contributed by atoms with Gasteiger partial charge in [0.1, 0.15) is 13.1 Å². The minimum atomic E-state index is -6.40. The van der Waals surface area contributed by atoms with Crippen LogP contribution >= 0.6 is 0 Å². The molecule has 3 nitrogen and oxygen atoms in total. The van der Waals surface area contributed by atoms with Gasteiger partial charge in [-0.05, 0) is 116 Å². The van der Waals surface area contributed by atoms with Crippen molar-refractivity contribution in [3.63, 3.8) is 0 Å². The van der Waals surface area contributed by atoms with E-state index >= 15 is 52.7 Å². The van der Waals surface area contributed by atoms with E-state index in [0.29, 0.717) is 74.4 Å². The Morgan fingerprint density at radius 2 is 0.592 bits per heavy atom. The molecule has 76 heavy (non-hydrogen) atoms. The zero-order valence-electron chi connectivity index (χ0n) is 39.3. The molecule has 0 aliphatic rings. The van der Waals surface area contributed by atoms with Crippen molar-refractivity contribution in [3.05, 3.63) is 172 Å². The van der Waals surface area contributed by atoms with Crippen LogP contribution in [0.4, 0.5) is 79.0 Å². The fourth-order valence-electron chi connectivity index (χ4n) is 11.0. The first kappa shape index (κ1) is 52.1. The highest BCUT2D eigenvalue weighted by atomic mass is 19.4. The molecule has 0 unspecified atom stereocenters. The Kier molecular flexibility index (Phi) is 11.6. The highest BCUT2D eigenvalue weighted by Crippen LogP contribution is 2.60. The van der Waals surface area contributed by atoms with Gasteiger partial charge in [-0.2, -0.15) is 79.0 Å². The van der Waals surface area contributed by atoms with Crippen molar-refractivity contribution in [2.75, 3.05) is 0 Å². The van der Waals surface area contributed by atoms with Crippen LogP contribution in [0.1, 0.15) is 38.9 Å². The number of aryl methyl sites for hydroxylation is 3. The molecule has 7 aromatic carbocycles. The lowest BCUT2D eigenvalue weighted by Gasteiger charge is -2.38. The number of fused-ring (bicyclic) bond motifs is 9. The largest absolute Gasteiger partial charge is 0.411 e. The van der Waals surface area contributed by atoms with Crippen LogP contribution in [0.2, 0.25) is 0 Å². The zero-order chi connectivity index (χ0) is 55.2. The number of halogens is 18. The molecule has 10 rings (SSSR count). The molecule has 0 saturated heterocycles. The first-order valence-electron chi connectivity index (χ1n) is 22.8. The van der Waals surface area contributed by atoms with Crippen molar-refractivity contribution < 1.29 is 79.0 Å². The predicted molar refractivity (Wildman–Crippen MR) is 252 cm³/mol. The standard InChI is InChI=1S/C55H35F18N3/c1-28-4-12-35(13-5-28)76-44-18-10-31(50(52(62,63)64,53(65,66)67)33-8-14-36-38-20-29(2)6-16-42(38)74(46(36)24-33)26-48(56,57)58)22-40(44)41-23-32(11-19-45(41)76)51(54(68,69)70,55(71,72)73)34-9-15-37-39-21-30(3)7-17-43(39)75(47(37)25-34)27-49(59,60)61/h4-25H,26-27H2,1-3H3. The Balaban J connectivity index is 1.30. The fourth-order valence-corrected chi connectivity index (χ4v) is 11.0. The van der Waals surface area contributed by atoms with Crippen LogP contribution < -0.4 is 0 Å². The van der Waals surface area contributed by atoms with E-state index in [4.69, 9.17) is 0 Å². The molecule has 0 bridgehead atoms. The lowest BCUT2D eigenvalue weighted by atomic mass is 9.71. The van der Waals surface area contributed by atoms with Crippen molar-refractivity contribution >= 4 is 65.4 Å². The number of rotatable bonds is 7. The Morgan fingerprint density at radius 1 is 0.289 bits per heavy atom. The van der Waals surface area contributed by atoms with Gasteiger partial charge in [-0.1, -0.05) is 77.4 Å². The van der Waals surface area contributed by atoms with Crippen molar-refractivity contribution in [2.24, 2.45) is 0 Å². The number of alkyl halides is 18. The molecule has 0 N–H and O–H groups in total. The summed E-state index contributed by atoms with van der Waals surface area (Å²) in [5, 5.41) is -1.56. The maximum atomic E-state index is 16.1. The van der Waals surface area contributed by atoms with Crippen LogP contribution in [0.5, 0.6) is 0 Å². The average Bonchev–Trinajstić information content (AvgIpc) is 3.89. The second-order valence-electron chi connectivity index (χ2n) is 19.0. The third kappa shape index (κ3) is 7.91. The average molecular weight is 1080 g/mol. The SMILES string of the molecule is Cc1ccc(-n2c3ccc(C(c4ccc5c6cc(C)ccc6n(CC(F)(F)F)c5c4)(C(F)(F)F)C(F)(F)F)cc3c3cc(C(c4ccc5c6cc(C)ccc6n(CC(F)(F)F)c5c4)(C(F)(F)F)C(F)(F)F)ccc32)cc1. The third-order valence-electron chi connectivity index (χ3n) is 14.2. The Morgan fingerprint density at radius 3 is 0.934 bits per heavy atom. The van der Waals surface area contributed by atoms with Gasteiger partial charge in [0.05, 0.1) is 11.0 Å². The molecule has 0 aliphatic carbocycles. The summed E-state index contributed by atoms with van der Waals surface area (Å²) in [6.45, 7) is 1.10. The summed E-state index contributed by atoms with van der Waals surface area (Å²) in [5.41, 5.74) is -17.3. The monoisotopic (exact) mass is 1080 g/mol. The first-order valence-corrected chi connectivity index (χ1v) is 22.8. The molecular weight excluding hydrogens is 1040 g/mol. The summed E-state index contributed by atoms with van der Waals surface area (Å²) in [5.74, 6) is 0. The minimum Gasteiger partial charge on any atom is -0.331 e. The van der Waals surface area contributed by atoms with E-state index in [1.165, 1.54) is 65.2 Å². The Bertz CT molecular complexity index is 3690. The maximum absolute atomic E-state index is 16.1. The van der Waals surface area contributed by atoms with Gasteiger partial charge in [0.15, 0.2) is 0 Å². The fraction of sp³-hybridized carbons (Fsp3) is 0.236. The Labute approximate surface area is 417 Å². The molecule has 3 aromatic heterocycles. The molecule has 0 spiro atoms. The van der Waals surface area contributed by atoms with Gasteiger partial charge in [0.2, 0.25) is 10.8 Å². The van der Waals surface area contributed by atoms with Gasteiger partial charge in [-0.15, -0.1) is 0 Å². The molecular formula is C55H35F18N3. The van der Waals surface area contributed by atoms with Crippen LogP contribution in [-0.4, -0.2) is 50.8 Å².